The summed E-state index contributed by atoms with van der Waals surface area (Å²) >= 11 is 0. The average Bonchev–Trinajstić information content (AvgIpc) is 2.89. The molecule has 19 heavy (non-hydrogen) atoms. The van der Waals surface area contributed by atoms with Gasteiger partial charge in [0.25, 0.3) is 0 Å². The van der Waals surface area contributed by atoms with Gasteiger partial charge in [0.15, 0.2) is 0 Å². The maximum absolute atomic E-state index is 11.9. The molecule has 0 bridgehead atoms. The Bertz CT molecular complexity index is 604. The molecule has 4 heteroatoms. The van der Waals surface area contributed by atoms with Crippen molar-refractivity contribution in [2.75, 3.05) is 0 Å². The molecule has 1 aliphatic rings. The summed E-state index contributed by atoms with van der Waals surface area (Å²) < 4.78 is 5.29. The van der Waals surface area contributed by atoms with Crippen molar-refractivity contribution < 1.29 is 9.32 Å². The Morgan fingerprint density at radius 1 is 1.32 bits per heavy atom. The molecule has 1 aromatic carbocycles. The molecular formula is C15H16N2O2. The van der Waals surface area contributed by atoms with E-state index in [2.05, 4.69) is 10.1 Å². The van der Waals surface area contributed by atoms with Gasteiger partial charge in [-0.05, 0) is 25.8 Å². The standard InChI is InChI=1S/C15H16N2O2/c1-10-5-4-6-11(9-10)14-16-15(19-17-14)12-7-2-3-8-13(12)18/h4-6,9,12H,2-3,7-8H2,1H3. The smallest absolute Gasteiger partial charge is 0.237 e. The average molecular weight is 256 g/mol. The van der Waals surface area contributed by atoms with E-state index in [1.165, 1.54) is 0 Å². The number of aryl methyl sites for hydroxylation is 1. The molecule has 0 N–H and O–H groups in total. The van der Waals surface area contributed by atoms with Crippen molar-refractivity contribution >= 4 is 5.78 Å². The van der Waals surface area contributed by atoms with E-state index in [4.69, 9.17) is 4.52 Å². The summed E-state index contributed by atoms with van der Waals surface area (Å²) in [6.07, 6.45) is 3.49. The minimum absolute atomic E-state index is 0.195. The molecular weight excluding hydrogens is 240 g/mol. The Morgan fingerprint density at radius 2 is 2.21 bits per heavy atom. The fraction of sp³-hybridized carbons (Fsp3) is 0.400. The van der Waals surface area contributed by atoms with Gasteiger partial charge in [-0.3, -0.25) is 4.79 Å². The third-order valence-corrected chi connectivity index (χ3v) is 3.57. The number of benzene rings is 1. The minimum atomic E-state index is -0.195. The van der Waals surface area contributed by atoms with Crippen LogP contribution in [0.25, 0.3) is 11.4 Å². The van der Waals surface area contributed by atoms with Gasteiger partial charge in [-0.25, -0.2) is 0 Å². The van der Waals surface area contributed by atoms with Crippen LogP contribution in [-0.2, 0) is 4.79 Å². The van der Waals surface area contributed by atoms with Crippen LogP contribution in [0.3, 0.4) is 0 Å². The third kappa shape index (κ3) is 2.43. The number of hydrogen-bond donors (Lipinski definition) is 0. The molecule has 1 atom stereocenters. The van der Waals surface area contributed by atoms with Crippen molar-refractivity contribution in [1.29, 1.82) is 0 Å². The van der Waals surface area contributed by atoms with E-state index < -0.39 is 0 Å². The van der Waals surface area contributed by atoms with Crippen LogP contribution in [0.5, 0.6) is 0 Å². The Hall–Kier alpha value is -1.97. The zero-order valence-corrected chi connectivity index (χ0v) is 10.9. The second-order valence-corrected chi connectivity index (χ2v) is 5.09. The minimum Gasteiger partial charge on any atom is -0.338 e. The van der Waals surface area contributed by atoms with E-state index in [0.29, 0.717) is 18.1 Å². The third-order valence-electron chi connectivity index (χ3n) is 3.57. The normalized spacial score (nSPS) is 19.6. The van der Waals surface area contributed by atoms with Crippen molar-refractivity contribution in [2.24, 2.45) is 0 Å². The number of carbonyl (C=O) groups is 1. The van der Waals surface area contributed by atoms with Gasteiger partial charge in [-0.1, -0.05) is 35.3 Å². The van der Waals surface area contributed by atoms with Crippen molar-refractivity contribution in [3.8, 4) is 11.4 Å². The molecule has 1 heterocycles. The molecule has 0 saturated heterocycles. The summed E-state index contributed by atoms with van der Waals surface area (Å²) in [5, 5.41) is 4.00. The maximum Gasteiger partial charge on any atom is 0.237 e. The lowest BCUT2D eigenvalue weighted by molar-refractivity contribution is -0.122. The van der Waals surface area contributed by atoms with Crippen LogP contribution < -0.4 is 0 Å². The molecule has 1 aromatic heterocycles. The summed E-state index contributed by atoms with van der Waals surface area (Å²) in [7, 11) is 0. The highest BCUT2D eigenvalue weighted by atomic mass is 16.5. The zero-order chi connectivity index (χ0) is 13.2. The number of ketones is 1. The first kappa shape index (κ1) is 12.1. The number of rotatable bonds is 2. The van der Waals surface area contributed by atoms with E-state index in [1.807, 2.05) is 31.2 Å². The molecule has 0 spiro atoms. The number of hydrogen-bond acceptors (Lipinski definition) is 4. The van der Waals surface area contributed by atoms with E-state index in [-0.39, 0.29) is 11.7 Å². The molecule has 4 nitrogen and oxygen atoms in total. The SMILES string of the molecule is Cc1cccc(-c2noc(C3CCCCC3=O)n2)c1. The molecule has 0 amide bonds. The second-order valence-electron chi connectivity index (χ2n) is 5.09. The van der Waals surface area contributed by atoms with Gasteiger partial charge < -0.3 is 4.52 Å². The largest absolute Gasteiger partial charge is 0.338 e. The lowest BCUT2D eigenvalue weighted by Crippen LogP contribution is -2.17. The van der Waals surface area contributed by atoms with Crippen LogP contribution in [0, 0.1) is 6.92 Å². The predicted octanol–water partition coefficient (Wildman–Crippen LogP) is 3.27. The summed E-state index contributed by atoms with van der Waals surface area (Å²) in [5.74, 6) is 1.07. The summed E-state index contributed by atoms with van der Waals surface area (Å²) in [6, 6.07) is 7.95. The van der Waals surface area contributed by atoms with Crippen LogP contribution in [0.2, 0.25) is 0 Å². The fourth-order valence-corrected chi connectivity index (χ4v) is 2.52. The number of nitrogens with zero attached hydrogens (tertiary/aromatic N) is 2. The topological polar surface area (TPSA) is 56.0 Å². The van der Waals surface area contributed by atoms with Crippen molar-refractivity contribution in [3.63, 3.8) is 0 Å². The van der Waals surface area contributed by atoms with Gasteiger partial charge in [0.05, 0.1) is 5.92 Å². The highest BCUT2D eigenvalue weighted by Gasteiger charge is 2.29. The molecule has 0 radical (unpaired) electrons. The lowest BCUT2D eigenvalue weighted by atomic mass is 9.88. The quantitative estimate of drug-likeness (QED) is 0.827. The summed E-state index contributed by atoms with van der Waals surface area (Å²) in [6.45, 7) is 2.02. The monoisotopic (exact) mass is 256 g/mol. The molecule has 3 rings (SSSR count). The van der Waals surface area contributed by atoms with E-state index in [9.17, 15) is 4.79 Å². The lowest BCUT2D eigenvalue weighted by Gasteiger charge is -2.16. The Morgan fingerprint density at radius 3 is 3.00 bits per heavy atom. The first-order valence-corrected chi connectivity index (χ1v) is 6.67. The summed E-state index contributed by atoms with van der Waals surface area (Å²) in [4.78, 5) is 16.3. The van der Waals surface area contributed by atoms with E-state index in [0.717, 1.165) is 30.4 Å². The summed E-state index contributed by atoms with van der Waals surface area (Å²) in [5.41, 5.74) is 2.08. The van der Waals surface area contributed by atoms with E-state index in [1.54, 1.807) is 0 Å². The predicted molar refractivity (Wildman–Crippen MR) is 70.7 cm³/mol. The number of Topliss-reactive ketones (excluding diaryl/α,β-unsaturated/α-hetero) is 1. The number of carbonyl (C=O) groups excluding carboxylic acids is 1. The molecule has 98 valence electrons. The van der Waals surface area contributed by atoms with Crippen LogP contribution in [0.15, 0.2) is 28.8 Å². The van der Waals surface area contributed by atoms with Crippen molar-refractivity contribution in [2.45, 2.75) is 38.5 Å². The van der Waals surface area contributed by atoms with Crippen LogP contribution >= 0.6 is 0 Å². The van der Waals surface area contributed by atoms with Gasteiger partial charge in [0.1, 0.15) is 5.78 Å². The first-order valence-electron chi connectivity index (χ1n) is 6.67. The van der Waals surface area contributed by atoms with Crippen LogP contribution in [0.1, 0.15) is 43.1 Å². The Labute approximate surface area is 111 Å². The van der Waals surface area contributed by atoms with Crippen molar-refractivity contribution in [1.82, 2.24) is 10.1 Å². The molecule has 1 fully saturated rings. The zero-order valence-electron chi connectivity index (χ0n) is 10.9. The maximum atomic E-state index is 11.9. The molecule has 1 aliphatic carbocycles. The molecule has 1 unspecified atom stereocenters. The van der Waals surface area contributed by atoms with Crippen molar-refractivity contribution in [3.05, 3.63) is 35.7 Å². The molecule has 1 saturated carbocycles. The highest BCUT2D eigenvalue weighted by molar-refractivity contribution is 5.85. The fourth-order valence-electron chi connectivity index (χ4n) is 2.52. The Balaban J connectivity index is 1.89. The Kier molecular flexibility index (Phi) is 3.15. The van der Waals surface area contributed by atoms with Gasteiger partial charge in [-0.2, -0.15) is 4.98 Å². The van der Waals surface area contributed by atoms with Crippen LogP contribution in [-0.4, -0.2) is 15.9 Å². The highest BCUT2D eigenvalue weighted by Crippen LogP contribution is 2.30. The first-order chi connectivity index (χ1) is 9.24. The van der Waals surface area contributed by atoms with Gasteiger partial charge in [-0.15, -0.1) is 0 Å². The molecule has 0 aliphatic heterocycles. The second kappa shape index (κ2) is 4.96. The van der Waals surface area contributed by atoms with Crippen LogP contribution in [0.4, 0.5) is 0 Å². The van der Waals surface area contributed by atoms with Gasteiger partial charge in [0.2, 0.25) is 11.7 Å². The van der Waals surface area contributed by atoms with Gasteiger partial charge >= 0.3 is 0 Å². The number of aromatic nitrogens is 2. The molecule has 2 aromatic rings. The van der Waals surface area contributed by atoms with E-state index >= 15 is 0 Å². The van der Waals surface area contributed by atoms with Gasteiger partial charge in [0, 0.05) is 12.0 Å².